The fourth-order valence-electron chi connectivity index (χ4n) is 3.75. The Kier molecular flexibility index (Phi) is 6.15. The second-order valence-corrected chi connectivity index (χ2v) is 9.43. The van der Waals surface area contributed by atoms with Crippen molar-refractivity contribution in [1.82, 2.24) is 19.3 Å². The lowest BCUT2D eigenvalue weighted by atomic mass is 9.94. The lowest BCUT2D eigenvalue weighted by Gasteiger charge is -2.31. The van der Waals surface area contributed by atoms with Crippen molar-refractivity contribution in [3.63, 3.8) is 0 Å². The van der Waals surface area contributed by atoms with Gasteiger partial charge in [-0.2, -0.15) is 4.31 Å². The molecule has 0 radical (unpaired) electrons. The number of piperidine rings is 1. The van der Waals surface area contributed by atoms with Crippen LogP contribution in [0.3, 0.4) is 0 Å². The standard InChI is InChI=1S/C22H25N5O3S/c1-16-3-6-20(30-2)21(13-16)31(28,29)27-11-7-17(8-12-27)19-5-4-18(14-25-19)26-22-15-23-9-10-24-22/h3-6,9-10,13-15,17H,7-8,11-12H2,1-2H3,(H,24,26). The minimum absolute atomic E-state index is 0.219. The number of sulfonamides is 1. The van der Waals surface area contributed by atoms with Crippen LogP contribution < -0.4 is 10.1 Å². The first-order valence-electron chi connectivity index (χ1n) is 10.1. The monoisotopic (exact) mass is 439 g/mol. The highest BCUT2D eigenvalue weighted by Crippen LogP contribution is 2.33. The van der Waals surface area contributed by atoms with Crippen LogP contribution in [0.5, 0.6) is 5.75 Å². The van der Waals surface area contributed by atoms with E-state index in [1.807, 2.05) is 25.1 Å². The summed E-state index contributed by atoms with van der Waals surface area (Å²) in [6, 6.07) is 9.16. The molecule has 3 heterocycles. The van der Waals surface area contributed by atoms with E-state index in [2.05, 4.69) is 20.3 Å². The summed E-state index contributed by atoms with van der Waals surface area (Å²) in [6.07, 6.45) is 8.10. The summed E-state index contributed by atoms with van der Waals surface area (Å²) in [6.45, 7) is 2.77. The van der Waals surface area contributed by atoms with Crippen molar-refractivity contribution in [1.29, 1.82) is 0 Å². The van der Waals surface area contributed by atoms with E-state index in [1.165, 1.54) is 7.11 Å². The molecule has 0 spiro atoms. The zero-order chi connectivity index (χ0) is 21.8. The summed E-state index contributed by atoms with van der Waals surface area (Å²) in [5, 5.41) is 3.16. The molecule has 1 aromatic carbocycles. The van der Waals surface area contributed by atoms with E-state index in [9.17, 15) is 8.42 Å². The molecule has 0 aliphatic carbocycles. The summed E-state index contributed by atoms with van der Waals surface area (Å²) in [4.78, 5) is 13.0. The zero-order valence-corrected chi connectivity index (χ0v) is 18.3. The van der Waals surface area contributed by atoms with Crippen LogP contribution in [0, 0.1) is 6.92 Å². The van der Waals surface area contributed by atoms with E-state index < -0.39 is 10.0 Å². The average molecular weight is 440 g/mol. The summed E-state index contributed by atoms with van der Waals surface area (Å²) in [7, 11) is -2.12. The minimum atomic E-state index is -3.61. The van der Waals surface area contributed by atoms with Gasteiger partial charge in [-0.05, 0) is 49.6 Å². The lowest BCUT2D eigenvalue weighted by Crippen LogP contribution is -2.38. The molecule has 1 aliphatic rings. The predicted octanol–water partition coefficient (Wildman–Crippen LogP) is 3.50. The molecule has 0 saturated carbocycles. The van der Waals surface area contributed by atoms with Gasteiger partial charge in [-0.25, -0.2) is 13.4 Å². The molecule has 1 fully saturated rings. The maximum Gasteiger partial charge on any atom is 0.246 e. The van der Waals surface area contributed by atoms with Gasteiger partial charge in [0, 0.05) is 37.1 Å². The Morgan fingerprint density at radius 3 is 2.52 bits per heavy atom. The number of aromatic nitrogens is 3. The van der Waals surface area contributed by atoms with Gasteiger partial charge in [-0.15, -0.1) is 0 Å². The Balaban J connectivity index is 1.42. The molecule has 0 bridgehead atoms. The second-order valence-electron chi connectivity index (χ2n) is 7.52. The van der Waals surface area contributed by atoms with Gasteiger partial charge in [-0.1, -0.05) is 6.07 Å². The summed E-state index contributed by atoms with van der Waals surface area (Å²) in [5.74, 6) is 1.25. The second kappa shape index (κ2) is 8.99. The predicted molar refractivity (Wildman–Crippen MR) is 118 cm³/mol. The van der Waals surface area contributed by atoms with Gasteiger partial charge in [0.25, 0.3) is 0 Å². The third-order valence-corrected chi connectivity index (χ3v) is 7.35. The molecule has 1 saturated heterocycles. The molecular weight excluding hydrogens is 414 g/mol. The first kappa shape index (κ1) is 21.2. The number of aryl methyl sites for hydroxylation is 1. The number of anilines is 2. The average Bonchev–Trinajstić information content (AvgIpc) is 2.80. The van der Waals surface area contributed by atoms with Crippen molar-refractivity contribution >= 4 is 21.5 Å². The van der Waals surface area contributed by atoms with Crippen molar-refractivity contribution in [2.45, 2.75) is 30.6 Å². The molecule has 162 valence electrons. The van der Waals surface area contributed by atoms with Crippen molar-refractivity contribution in [3.8, 4) is 5.75 Å². The Hall–Kier alpha value is -3.04. The number of pyridine rings is 1. The summed E-state index contributed by atoms with van der Waals surface area (Å²) < 4.78 is 33.2. The van der Waals surface area contributed by atoms with Crippen LogP contribution in [0.1, 0.15) is 30.0 Å². The molecule has 1 aliphatic heterocycles. The Morgan fingerprint density at radius 2 is 1.87 bits per heavy atom. The van der Waals surface area contributed by atoms with Crippen LogP contribution in [0.2, 0.25) is 0 Å². The van der Waals surface area contributed by atoms with Gasteiger partial charge in [0.1, 0.15) is 16.5 Å². The third kappa shape index (κ3) is 4.67. The maximum atomic E-state index is 13.2. The van der Waals surface area contributed by atoms with Gasteiger partial charge >= 0.3 is 0 Å². The van der Waals surface area contributed by atoms with Crippen LogP contribution >= 0.6 is 0 Å². The van der Waals surface area contributed by atoms with Gasteiger partial charge in [0.2, 0.25) is 10.0 Å². The highest BCUT2D eigenvalue weighted by Gasteiger charge is 2.32. The van der Waals surface area contributed by atoms with Crippen molar-refractivity contribution < 1.29 is 13.2 Å². The fourth-order valence-corrected chi connectivity index (χ4v) is 5.46. The number of nitrogens with zero attached hydrogens (tertiary/aromatic N) is 4. The van der Waals surface area contributed by atoms with Crippen LogP contribution in [-0.2, 0) is 10.0 Å². The number of hydrogen-bond donors (Lipinski definition) is 1. The van der Waals surface area contributed by atoms with Crippen LogP contribution in [-0.4, -0.2) is 47.9 Å². The molecule has 31 heavy (non-hydrogen) atoms. The Morgan fingerprint density at radius 1 is 1.06 bits per heavy atom. The molecule has 0 amide bonds. The molecule has 8 nitrogen and oxygen atoms in total. The highest BCUT2D eigenvalue weighted by atomic mass is 32.2. The topological polar surface area (TPSA) is 97.3 Å². The van der Waals surface area contributed by atoms with Crippen molar-refractivity contribution in [2.75, 3.05) is 25.5 Å². The van der Waals surface area contributed by atoms with E-state index in [-0.39, 0.29) is 10.8 Å². The van der Waals surface area contributed by atoms with E-state index in [0.717, 1.165) is 29.8 Å². The SMILES string of the molecule is COc1ccc(C)cc1S(=O)(=O)N1CCC(c2ccc(Nc3cnccn3)cn2)CC1. The van der Waals surface area contributed by atoms with Gasteiger partial charge < -0.3 is 10.1 Å². The molecular formula is C22H25N5O3S. The molecule has 3 aromatic rings. The van der Waals surface area contributed by atoms with Crippen LogP contribution in [0.25, 0.3) is 0 Å². The first-order chi connectivity index (χ1) is 15.0. The largest absolute Gasteiger partial charge is 0.495 e. The van der Waals surface area contributed by atoms with E-state index >= 15 is 0 Å². The number of rotatable bonds is 6. The number of benzene rings is 1. The van der Waals surface area contributed by atoms with E-state index in [0.29, 0.717) is 24.7 Å². The number of methoxy groups -OCH3 is 1. The summed E-state index contributed by atoms with van der Waals surface area (Å²) in [5.41, 5.74) is 2.68. The van der Waals surface area contributed by atoms with E-state index in [4.69, 9.17) is 4.74 Å². The van der Waals surface area contributed by atoms with Crippen LogP contribution in [0.15, 0.2) is 60.0 Å². The molecule has 2 aromatic heterocycles. The third-order valence-electron chi connectivity index (χ3n) is 5.43. The summed E-state index contributed by atoms with van der Waals surface area (Å²) >= 11 is 0. The first-order valence-corrected chi connectivity index (χ1v) is 11.5. The molecule has 0 unspecified atom stereocenters. The number of nitrogens with one attached hydrogen (secondary N) is 1. The Labute approximate surface area is 182 Å². The molecule has 4 rings (SSSR count). The molecule has 1 N–H and O–H groups in total. The van der Waals surface area contributed by atoms with E-state index in [1.54, 1.807) is 41.2 Å². The highest BCUT2D eigenvalue weighted by molar-refractivity contribution is 7.89. The normalized spacial score (nSPS) is 15.5. The van der Waals surface area contributed by atoms with Gasteiger partial charge in [0.15, 0.2) is 0 Å². The zero-order valence-electron chi connectivity index (χ0n) is 17.5. The minimum Gasteiger partial charge on any atom is -0.495 e. The van der Waals surface area contributed by atoms with Crippen molar-refractivity contribution in [3.05, 3.63) is 66.4 Å². The number of ether oxygens (including phenoxy) is 1. The number of hydrogen-bond acceptors (Lipinski definition) is 7. The molecule has 0 atom stereocenters. The maximum absolute atomic E-state index is 13.2. The van der Waals surface area contributed by atoms with Crippen molar-refractivity contribution in [2.24, 2.45) is 0 Å². The van der Waals surface area contributed by atoms with Crippen LogP contribution in [0.4, 0.5) is 11.5 Å². The fraction of sp³-hybridized carbons (Fsp3) is 0.318. The molecule has 9 heteroatoms. The Bertz CT molecular complexity index is 1130. The quantitative estimate of drug-likeness (QED) is 0.628. The van der Waals surface area contributed by atoms with Gasteiger partial charge in [-0.3, -0.25) is 9.97 Å². The van der Waals surface area contributed by atoms with Gasteiger partial charge in [0.05, 0.1) is 25.2 Å². The lowest BCUT2D eigenvalue weighted by molar-refractivity contribution is 0.314. The smallest absolute Gasteiger partial charge is 0.246 e.